The number of carboxylic acids is 2. The van der Waals surface area contributed by atoms with Crippen molar-refractivity contribution in [3.63, 3.8) is 0 Å². The molecule has 2 saturated heterocycles. The Bertz CT molecular complexity index is 1040. The van der Waals surface area contributed by atoms with Gasteiger partial charge in [-0.3, -0.25) is 9.88 Å². The summed E-state index contributed by atoms with van der Waals surface area (Å²) in [5, 5.41) is 14.2. The third kappa shape index (κ3) is 10.8. The SMILES string of the molecule is Cc1ccc(CN2CCCC3(COCCN(c4cccnc4)C3)C2)o1.O=C(O)C(F)(F)F.O=C(O)C(F)(F)F. The highest BCUT2D eigenvalue weighted by Gasteiger charge is 2.40. The lowest BCUT2D eigenvalue weighted by Gasteiger charge is -2.43. The molecule has 218 valence electrons. The first kappa shape index (κ1) is 31.9. The van der Waals surface area contributed by atoms with Crippen molar-refractivity contribution >= 4 is 17.6 Å². The van der Waals surface area contributed by atoms with Crippen molar-refractivity contribution in [1.82, 2.24) is 9.88 Å². The lowest BCUT2D eigenvalue weighted by molar-refractivity contribution is -0.193. The van der Waals surface area contributed by atoms with Gasteiger partial charge in [-0.1, -0.05) is 0 Å². The number of halogens is 6. The highest BCUT2D eigenvalue weighted by Crippen LogP contribution is 2.35. The largest absolute Gasteiger partial charge is 0.490 e. The molecule has 2 aromatic heterocycles. The minimum Gasteiger partial charge on any atom is -0.475 e. The summed E-state index contributed by atoms with van der Waals surface area (Å²) in [6.45, 7) is 8.69. The lowest BCUT2D eigenvalue weighted by atomic mass is 9.80. The van der Waals surface area contributed by atoms with Crippen LogP contribution >= 0.6 is 0 Å². The number of carbonyl (C=O) groups is 2. The summed E-state index contributed by atoms with van der Waals surface area (Å²) in [4.78, 5) is 27.1. The van der Waals surface area contributed by atoms with Crippen molar-refractivity contribution in [3.8, 4) is 0 Å². The fourth-order valence-electron chi connectivity index (χ4n) is 4.24. The van der Waals surface area contributed by atoms with Gasteiger partial charge in [-0.05, 0) is 50.6 Å². The molecule has 2 aliphatic rings. The molecule has 0 saturated carbocycles. The number of carboxylic acid groups (broad SMARTS) is 2. The standard InChI is InChI=1S/C20H27N3O2.2C2HF3O2/c1-17-5-6-19(25-17)13-22-9-3-7-20(14-22)15-23(10-11-24-16-20)18-4-2-8-21-12-18;2*3-2(4,5)1(6)7/h2,4-6,8,12H,3,7,9-11,13-16H2,1H3;2*(H,6,7). The van der Waals surface area contributed by atoms with Gasteiger partial charge in [0.1, 0.15) is 11.5 Å². The van der Waals surface area contributed by atoms with Crippen LogP contribution in [0, 0.1) is 12.3 Å². The maximum absolute atomic E-state index is 10.6. The molecule has 9 nitrogen and oxygen atoms in total. The van der Waals surface area contributed by atoms with E-state index in [2.05, 4.69) is 26.9 Å². The second kappa shape index (κ2) is 13.6. The van der Waals surface area contributed by atoms with Gasteiger partial charge in [-0.2, -0.15) is 26.3 Å². The van der Waals surface area contributed by atoms with E-state index < -0.39 is 24.3 Å². The van der Waals surface area contributed by atoms with Crippen LogP contribution < -0.4 is 4.90 Å². The number of anilines is 1. The van der Waals surface area contributed by atoms with Gasteiger partial charge in [0.05, 0.1) is 31.6 Å². The van der Waals surface area contributed by atoms with Gasteiger partial charge in [-0.15, -0.1) is 0 Å². The first-order valence-corrected chi connectivity index (χ1v) is 11.7. The highest BCUT2D eigenvalue weighted by molar-refractivity contribution is 5.73. The van der Waals surface area contributed by atoms with Crippen LogP contribution in [0.1, 0.15) is 24.4 Å². The Kier molecular flexibility index (Phi) is 11.2. The van der Waals surface area contributed by atoms with E-state index in [0.29, 0.717) is 0 Å². The third-order valence-electron chi connectivity index (χ3n) is 5.85. The van der Waals surface area contributed by atoms with E-state index >= 15 is 0 Å². The van der Waals surface area contributed by atoms with Crippen LogP contribution in [-0.4, -0.2) is 83.8 Å². The molecule has 1 spiro atoms. The molecule has 2 fully saturated rings. The van der Waals surface area contributed by atoms with Crippen LogP contribution in [0.3, 0.4) is 0 Å². The van der Waals surface area contributed by atoms with Crippen LogP contribution in [0.5, 0.6) is 0 Å². The topological polar surface area (TPSA) is 116 Å². The van der Waals surface area contributed by atoms with E-state index in [1.807, 2.05) is 31.5 Å². The minimum absolute atomic E-state index is 0.187. The number of piperidine rings is 1. The number of hydrogen-bond acceptors (Lipinski definition) is 7. The zero-order valence-electron chi connectivity index (χ0n) is 21.0. The summed E-state index contributed by atoms with van der Waals surface area (Å²) in [6.07, 6.45) is -3.94. The molecule has 4 heterocycles. The van der Waals surface area contributed by atoms with Gasteiger partial charge in [0.2, 0.25) is 0 Å². The number of aliphatic carboxylic acids is 2. The summed E-state index contributed by atoms with van der Waals surface area (Å²) in [6, 6.07) is 8.31. The van der Waals surface area contributed by atoms with Crippen molar-refractivity contribution in [2.24, 2.45) is 5.41 Å². The number of nitrogens with zero attached hydrogens (tertiary/aromatic N) is 3. The highest BCUT2D eigenvalue weighted by atomic mass is 19.4. The molecule has 39 heavy (non-hydrogen) atoms. The Morgan fingerprint density at radius 2 is 1.67 bits per heavy atom. The zero-order valence-corrected chi connectivity index (χ0v) is 21.0. The van der Waals surface area contributed by atoms with Gasteiger partial charge in [0.15, 0.2) is 0 Å². The minimum atomic E-state index is -5.08. The first-order chi connectivity index (χ1) is 18.1. The lowest BCUT2D eigenvalue weighted by Crippen LogP contribution is -2.50. The van der Waals surface area contributed by atoms with E-state index in [0.717, 1.165) is 57.5 Å². The predicted octanol–water partition coefficient (Wildman–Crippen LogP) is 4.37. The Hall–Kier alpha value is -3.33. The summed E-state index contributed by atoms with van der Waals surface area (Å²) in [5.41, 5.74) is 1.39. The Labute approximate surface area is 220 Å². The predicted molar refractivity (Wildman–Crippen MR) is 125 cm³/mol. The molecule has 0 aromatic carbocycles. The van der Waals surface area contributed by atoms with Gasteiger partial charge < -0.3 is 24.3 Å². The number of ether oxygens (including phenoxy) is 1. The molecule has 0 aliphatic carbocycles. The maximum atomic E-state index is 10.6. The van der Waals surface area contributed by atoms with Gasteiger partial charge >= 0.3 is 24.3 Å². The molecule has 1 atom stereocenters. The molecule has 2 N–H and O–H groups in total. The number of furan rings is 1. The van der Waals surface area contributed by atoms with E-state index in [1.165, 1.54) is 18.5 Å². The fourth-order valence-corrected chi connectivity index (χ4v) is 4.24. The van der Waals surface area contributed by atoms with Crippen molar-refractivity contribution < 1.29 is 55.3 Å². The molecular formula is C24H29F6N3O6. The number of aryl methyl sites for hydroxylation is 1. The van der Waals surface area contributed by atoms with Crippen LogP contribution in [-0.2, 0) is 20.9 Å². The van der Waals surface area contributed by atoms with Crippen LogP contribution in [0.25, 0.3) is 0 Å². The molecule has 15 heteroatoms. The van der Waals surface area contributed by atoms with Crippen molar-refractivity contribution in [2.45, 2.75) is 38.7 Å². The summed E-state index contributed by atoms with van der Waals surface area (Å²) in [5.74, 6) is -3.46. The number of rotatable bonds is 3. The van der Waals surface area contributed by atoms with Crippen LogP contribution in [0.4, 0.5) is 32.0 Å². The maximum Gasteiger partial charge on any atom is 0.490 e. The van der Waals surface area contributed by atoms with E-state index in [-0.39, 0.29) is 5.41 Å². The molecule has 0 radical (unpaired) electrons. The number of hydrogen-bond donors (Lipinski definition) is 2. The van der Waals surface area contributed by atoms with E-state index in [1.54, 1.807) is 0 Å². The average Bonchev–Trinajstić information content (AvgIpc) is 3.14. The summed E-state index contributed by atoms with van der Waals surface area (Å²) < 4.78 is 75.3. The number of aromatic nitrogens is 1. The van der Waals surface area contributed by atoms with E-state index in [4.69, 9.17) is 29.0 Å². The van der Waals surface area contributed by atoms with Gasteiger partial charge in [-0.25, -0.2) is 9.59 Å². The number of alkyl halides is 6. The van der Waals surface area contributed by atoms with Gasteiger partial charge in [0.25, 0.3) is 0 Å². The molecule has 0 amide bonds. The average molecular weight is 569 g/mol. The zero-order chi connectivity index (χ0) is 29.3. The first-order valence-electron chi connectivity index (χ1n) is 11.7. The smallest absolute Gasteiger partial charge is 0.475 e. The van der Waals surface area contributed by atoms with Crippen molar-refractivity contribution in [3.05, 3.63) is 48.2 Å². The molecule has 2 aliphatic heterocycles. The summed E-state index contributed by atoms with van der Waals surface area (Å²) in [7, 11) is 0. The van der Waals surface area contributed by atoms with Gasteiger partial charge in [0, 0.05) is 31.2 Å². The quantitative estimate of drug-likeness (QED) is 0.520. The van der Waals surface area contributed by atoms with Crippen molar-refractivity contribution in [2.75, 3.05) is 44.3 Å². The van der Waals surface area contributed by atoms with Crippen LogP contribution in [0.15, 0.2) is 41.1 Å². The third-order valence-corrected chi connectivity index (χ3v) is 5.85. The molecule has 0 bridgehead atoms. The van der Waals surface area contributed by atoms with E-state index in [9.17, 15) is 26.3 Å². The number of pyridine rings is 1. The molecular weight excluding hydrogens is 540 g/mol. The Morgan fingerprint density at radius 1 is 1.03 bits per heavy atom. The normalized spacial score (nSPS) is 20.2. The summed E-state index contributed by atoms with van der Waals surface area (Å²) >= 11 is 0. The number of likely N-dealkylation sites (tertiary alicyclic amines) is 1. The molecule has 2 aromatic rings. The van der Waals surface area contributed by atoms with Crippen LogP contribution in [0.2, 0.25) is 0 Å². The second-order valence-corrected chi connectivity index (χ2v) is 9.12. The molecule has 1 unspecified atom stereocenters. The Morgan fingerprint density at radius 3 is 2.18 bits per heavy atom. The van der Waals surface area contributed by atoms with Crippen molar-refractivity contribution in [1.29, 1.82) is 0 Å². The molecule has 4 rings (SSSR count). The second-order valence-electron chi connectivity index (χ2n) is 9.12. The fraction of sp³-hybridized carbons (Fsp3) is 0.542. The Balaban J connectivity index is 0.000000317. The monoisotopic (exact) mass is 569 g/mol.